The molecule has 1 aromatic carbocycles. The van der Waals surface area contributed by atoms with E-state index in [1.165, 1.54) is 11.8 Å². The number of carbonyl (C=O) groups is 1. The number of nitrogens with zero attached hydrogens (tertiary/aromatic N) is 2. The lowest BCUT2D eigenvalue weighted by molar-refractivity contribution is 0.0993. The van der Waals surface area contributed by atoms with Gasteiger partial charge in [0.1, 0.15) is 0 Å². The first kappa shape index (κ1) is 18.5. The summed E-state index contributed by atoms with van der Waals surface area (Å²) in [5.74, 6) is 0.0418. The lowest BCUT2D eigenvalue weighted by Gasteiger charge is -2.13. The highest BCUT2D eigenvalue weighted by atomic mass is 32.2. The number of H-pyrrole nitrogens is 1. The van der Waals surface area contributed by atoms with Gasteiger partial charge in [0.2, 0.25) is 0 Å². The summed E-state index contributed by atoms with van der Waals surface area (Å²) >= 11 is 1.30. The average molecular weight is 349 g/mol. The molecule has 0 bridgehead atoms. The number of thioether (sulfide) groups is 1. The minimum absolute atomic E-state index is 0.0418. The van der Waals surface area contributed by atoms with Crippen LogP contribution in [0.2, 0.25) is 0 Å². The Morgan fingerprint density at radius 1 is 1.42 bits per heavy atom. The van der Waals surface area contributed by atoms with E-state index in [0.717, 1.165) is 16.7 Å². The van der Waals surface area contributed by atoms with Gasteiger partial charge in [-0.05, 0) is 38.8 Å². The summed E-state index contributed by atoms with van der Waals surface area (Å²) in [7, 11) is 1.62. The lowest BCUT2D eigenvalue weighted by Crippen LogP contribution is -2.20. The molecule has 0 spiro atoms. The zero-order chi connectivity index (χ0) is 17.7. The van der Waals surface area contributed by atoms with Crippen LogP contribution in [0.4, 0.5) is 0 Å². The molecular weight excluding hydrogens is 326 g/mol. The molecule has 24 heavy (non-hydrogen) atoms. The Kier molecular flexibility index (Phi) is 6.39. The Hall–Kier alpha value is -1.86. The molecule has 1 N–H and O–H groups in total. The van der Waals surface area contributed by atoms with Crippen molar-refractivity contribution in [1.82, 2.24) is 14.8 Å². The SMILES string of the molecule is COCCCn1c(SC(C)C(=O)c2cc(C)ccc2C)n[nH]c1=O. The molecule has 0 aliphatic rings. The highest BCUT2D eigenvalue weighted by molar-refractivity contribution is 8.00. The summed E-state index contributed by atoms with van der Waals surface area (Å²) in [4.78, 5) is 24.6. The smallest absolute Gasteiger partial charge is 0.343 e. The van der Waals surface area contributed by atoms with E-state index in [9.17, 15) is 9.59 Å². The third-order valence-corrected chi connectivity index (χ3v) is 4.85. The topological polar surface area (TPSA) is 77.0 Å². The Balaban J connectivity index is 2.14. The van der Waals surface area contributed by atoms with Gasteiger partial charge in [0.15, 0.2) is 10.9 Å². The van der Waals surface area contributed by atoms with E-state index in [2.05, 4.69) is 10.2 Å². The van der Waals surface area contributed by atoms with Gasteiger partial charge in [-0.3, -0.25) is 9.36 Å². The summed E-state index contributed by atoms with van der Waals surface area (Å²) in [5, 5.41) is 6.70. The first-order valence-electron chi connectivity index (χ1n) is 7.86. The number of Topliss-reactive ketones (excluding diaryl/α,β-unsaturated/α-hetero) is 1. The van der Waals surface area contributed by atoms with Crippen molar-refractivity contribution in [3.05, 3.63) is 45.4 Å². The fourth-order valence-electron chi connectivity index (χ4n) is 2.39. The maximum atomic E-state index is 12.7. The van der Waals surface area contributed by atoms with Crippen molar-refractivity contribution in [1.29, 1.82) is 0 Å². The van der Waals surface area contributed by atoms with Crippen LogP contribution in [-0.2, 0) is 11.3 Å². The largest absolute Gasteiger partial charge is 0.385 e. The molecule has 1 aromatic heterocycles. The van der Waals surface area contributed by atoms with Gasteiger partial charge in [-0.15, -0.1) is 5.10 Å². The number of aryl methyl sites for hydroxylation is 2. The van der Waals surface area contributed by atoms with Gasteiger partial charge in [0.25, 0.3) is 0 Å². The maximum Gasteiger partial charge on any atom is 0.343 e. The summed E-state index contributed by atoms with van der Waals surface area (Å²) in [6, 6.07) is 5.85. The number of hydrogen-bond acceptors (Lipinski definition) is 5. The summed E-state index contributed by atoms with van der Waals surface area (Å²) in [6.45, 7) is 6.82. The standard InChI is InChI=1S/C17H23N3O3S/c1-11-6-7-12(2)14(10-11)15(21)13(3)24-17-19-18-16(22)20(17)8-5-9-23-4/h6-7,10,13H,5,8-9H2,1-4H3,(H,18,22). The molecule has 1 unspecified atom stereocenters. The number of ether oxygens (including phenoxy) is 1. The van der Waals surface area contributed by atoms with E-state index in [4.69, 9.17) is 4.74 Å². The van der Waals surface area contributed by atoms with Crippen LogP contribution in [0, 0.1) is 13.8 Å². The minimum Gasteiger partial charge on any atom is -0.385 e. The predicted molar refractivity (Wildman–Crippen MR) is 94.9 cm³/mol. The first-order valence-corrected chi connectivity index (χ1v) is 8.74. The van der Waals surface area contributed by atoms with Crippen molar-refractivity contribution in [2.75, 3.05) is 13.7 Å². The van der Waals surface area contributed by atoms with Crippen LogP contribution >= 0.6 is 11.8 Å². The van der Waals surface area contributed by atoms with Crippen LogP contribution < -0.4 is 5.69 Å². The Morgan fingerprint density at radius 2 is 2.17 bits per heavy atom. The second-order valence-corrected chi connectivity index (χ2v) is 7.06. The number of carbonyl (C=O) groups excluding carboxylic acids is 1. The van der Waals surface area contributed by atoms with Crippen LogP contribution in [0.15, 0.2) is 28.2 Å². The lowest BCUT2D eigenvalue weighted by atomic mass is 10.0. The first-order chi connectivity index (χ1) is 11.4. The molecule has 1 heterocycles. The van der Waals surface area contributed by atoms with Crippen LogP contribution in [-0.4, -0.2) is 39.5 Å². The number of aromatic amines is 1. The number of rotatable bonds is 8. The molecule has 0 fully saturated rings. The normalized spacial score (nSPS) is 12.3. The molecule has 0 aliphatic heterocycles. The van der Waals surface area contributed by atoms with Gasteiger partial charge in [0, 0.05) is 25.8 Å². The molecular formula is C17H23N3O3S. The number of nitrogens with one attached hydrogen (secondary N) is 1. The van der Waals surface area contributed by atoms with Crippen LogP contribution in [0.1, 0.15) is 34.8 Å². The van der Waals surface area contributed by atoms with Gasteiger partial charge in [-0.25, -0.2) is 9.89 Å². The van der Waals surface area contributed by atoms with Gasteiger partial charge < -0.3 is 4.74 Å². The van der Waals surface area contributed by atoms with E-state index in [1.54, 1.807) is 11.7 Å². The third kappa shape index (κ3) is 4.36. The number of ketones is 1. The fraction of sp³-hybridized carbons (Fsp3) is 0.471. The monoisotopic (exact) mass is 349 g/mol. The van der Waals surface area contributed by atoms with E-state index in [1.807, 2.05) is 39.0 Å². The van der Waals surface area contributed by atoms with Crippen molar-refractivity contribution in [3.63, 3.8) is 0 Å². The van der Waals surface area contributed by atoms with Crippen molar-refractivity contribution >= 4 is 17.5 Å². The molecule has 0 radical (unpaired) electrons. The molecule has 2 aromatic rings. The second-order valence-electron chi connectivity index (χ2n) is 5.75. The molecule has 0 amide bonds. The predicted octanol–water partition coefficient (Wildman–Crippen LogP) is 2.59. The third-order valence-electron chi connectivity index (χ3n) is 3.76. The Morgan fingerprint density at radius 3 is 2.88 bits per heavy atom. The second kappa shape index (κ2) is 8.30. The van der Waals surface area contributed by atoms with E-state index in [0.29, 0.717) is 24.7 Å². The van der Waals surface area contributed by atoms with E-state index >= 15 is 0 Å². The summed E-state index contributed by atoms with van der Waals surface area (Å²) in [6.07, 6.45) is 0.711. The molecule has 2 rings (SSSR count). The van der Waals surface area contributed by atoms with Crippen molar-refractivity contribution in [2.24, 2.45) is 0 Å². The minimum atomic E-state index is -0.332. The Bertz CT molecular complexity index is 767. The van der Waals surface area contributed by atoms with Crippen molar-refractivity contribution < 1.29 is 9.53 Å². The molecule has 0 aliphatic carbocycles. The Labute approximate surface area is 145 Å². The van der Waals surface area contributed by atoms with Crippen LogP contribution in [0.5, 0.6) is 0 Å². The zero-order valence-corrected chi connectivity index (χ0v) is 15.3. The molecule has 7 heteroatoms. The number of hydrogen-bond donors (Lipinski definition) is 1. The van der Waals surface area contributed by atoms with Gasteiger partial charge in [-0.2, -0.15) is 0 Å². The quantitative estimate of drug-likeness (QED) is 0.450. The van der Waals surface area contributed by atoms with Crippen molar-refractivity contribution in [2.45, 2.75) is 44.1 Å². The zero-order valence-electron chi connectivity index (χ0n) is 14.5. The van der Waals surface area contributed by atoms with E-state index in [-0.39, 0.29) is 16.7 Å². The maximum absolute atomic E-state index is 12.7. The summed E-state index contributed by atoms with van der Waals surface area (Å²) in [5.41, 5.74) is 2.47. The van der Waals surface area contributed by atoms with E-state index < -0.39 is 0 Å². The molecule has 6 nitrogen and oxygen atoms in total. The van der Waals surface area contributed by atoms with Gasteiger partial charge in [0.05, 0.1) is 5.25 Å². The molecule has 0 saturated heterocycles. The van der Waals surface area contributed by atoms with Gasteiger partial charge >= 0.3 is 5.69 Å². The molecule has 0 saturated carbocycles. The highest BCUT2D eigenvalue weighted by Gasteiger charge is 2.21. The van der Waals surface area contributed by atoms with Gasteiger partial charge in [-0.1, -0.05) is 29.5 Å². The number of methoxy groups -OCH3 is 1. The average Bonchev–Trinajstić information content (AvgIpc) is 2.89. The molecule has 130 valence electrons. The number of aromatic nitrogens is 3. The number of benzene rings is 1. The fourth-order valence-corrected chi connectivity index (χ4v) is 3.34. The summed E-state index contributed by atoms with van der Waals surface area (Å²) < 4.78 is 6.57. The highest BCUT2D eigenvalue weighted by Crippen LogP contribution is 2.24. The van der Waals surface area contributed by atoms with Crippen LogP contribution in [0.25, 0.3) is 0 Å². The molecule has 1 atom stereocenters. The van der Waals surface area contributed by atoms with Crippen molar-refractivity contribution in [3.8, 4) is 0 Å². The van der Waals surface area contributed by atoms with Crippen LogP contribution in [0.3, 0.4) is 0 Å².